The molecule has 0 spiro atoms. The van der Waals surface area contributed by atoms with Gasteiger partial charge >= 0.3 is 0 Å². The molecule has 1 N–H and O–H groups in total. The minimum Gasteiger partial charge on any atom is -0.378 e. The van der Waals surface area contributed by atoms with Gasteiger partial charge in [-0.05, 0) is 24.1 Å². The fourth-order valence-electron chi connectivity index (χ4n) is 3.72. The van der Waals surface area contributed by atoms with E-state index in [0.717, 1.165) is 56.0 Å². The molecule has 1 saturated heterocycles. The third-order valence-electron chi connectivity index (χ3n) is 5.20. The zero-order chi connectivity index (χ0) is 18.6. The third-order valence-corrected chi connectivity index (χ3v) is 5.20. The van der Waals surface area contributed by atoms with E-state index in [1.54, 1.807) is 0 Å². The van der Waals surface area contributed by atoms with Crippen LogP contribution in [0.25, 0.3) is 0 Å². The number of nitrogens with zero attached hydrogens (tertiary/aromatic N) is 4. The Morgan fingerprint density at radius 2 is 2.00 bits per heavy atom. The minimum absolute atomic E-state index is 0.0187. The van der Waals surface area contributed by atoms with Gasteiger partial charge in [0, 0.05) is 44.7 Å². The number of aromatic amines is 1. The fourth-order valence-corrected chi connectivity index (χ4v) is 3.72. The molecule has 140 valence electrons. The molecule has 0 radical (unpaired) electrons. The summed E-state index contributed by atoms with van der Waals surface area (Å²) in [5.74, 6) is 0.664. The first-order valence-electron chi connectivity index (χ1n) is 9.39. The number of anilines is 1. The number of hydrogen-bond acceptors (Lipinski definition) is 6. The van der Waals surface area contributed by atoms with Crippen LogP contribution in [0.5, 0.6) is 0 Å². The summed E-state index contributed by atoms with van der Waals surface area (Å²) in [5.41, 5.74) is 3.50. The molecule has 1 fully saturated rings. The molecule has 1 aromatic carbocycles. The molecule has 0 bridgehead atoms. The van der Waals surface area contributed by atoms with E-state index >= 15 is 0 Å². The number of rotatable bonds is 3. The number of aromatic nitrogens is 2. The number of morpholine rings is 1. The van der Waals surface area contributed by atoms with E-state index in [0.29, 0.717) is 31.1 Å². The largest absolute Gasteiger partial charge is 0.378 e. The molecule has 27 heavy (non-hydrogen) atoms. The molecule has 2 aliphatic rings. The second kappa shape index (κ2) is 7.91. The van der Waals surface area contributed by atoms with Gasteiger partial charge in [-0.25, -0.2) is 4.98 Å². The normalized spacial score (nSPS) is 17.8. The molecule has 3 heterocycles. The quantitative estimate of drug-likeness (QED) is 0.876. The molecule has 0 aliphatic carbocycles. The van der Waals surface area contributed by atoms with Gasteiger partial charge in [-0.1, -0.05) is 12.1 Å². The Kier molecular flexibility index (Phi) is 5.19. The zero-order valence-electron chi connectivity index (χ0n) is 15.3. The molecule has 2 aromatic rings. The highest BCUT2D eigenvalue weighted by atomic mass is 16.5. The standard InChI is InChI=1S/C20H23N5O2/c21-13-15-2-1-3-16(12-15)14-24-6-4-17-18(5-7-24)22-20(23-19(17)26)25-8-10-27-11-9-25/h1-3,12H,4-11,14H2,(H,22,23,26). The minimum atomic E-state index is -0.0187. The first kappa shape index (κ1) is 17.7. The SMILES string of the molecule is N#Cc1cccc(CN2CCc3nc(N4CCOCC4)[nH]c(=O)c3CC2)c1. The Balaban J connectivity index is 1.49. The molecular weight excluding hydrogens is 342 g/mol. The molecule has 0 amide bonds. The Morgan fingerprint density at radius 3 is 2.81 bits per heavy atom. The lowest BCUT2D eigenvalue weighted by Gasteiger charge is -2.27. The Bertz CT molecular complexity index is 911. The highest BCUT2D eigenvalue weighted by molar-refractivity contribution is 5.35. The molecule has 7 nitrogen and oxygen atoms in total. The van der Waals surface area contributed by atoms with Crippen LogP contribution in [0.1, 0.15) is 22.4 Å². The zero-order valence-corrected chi connectivity index (χ0v) is 15.3. The van der Waals surface area contributed by atoms with E-state index < -0.39 is 0 Å². The number of benzene rings is 1. The van der Waals surface area contributed by atoms with Crippen LogP contribution in [0.4, 0.5) is 5.95 Å². The second-order valence-electron chi connectivity index (χ2n) is 7.00. The van der Waals surface area contributed by atoms with Gasteiger partial charge in [-0.3, -0.25) is 14.7 Å². The topological polar surface area (TPSA) is 85.2 Å². The lowest BCUT2D eigenvalue weighted by molar-refractivity contribution is 0.122. The lowest BCUT2D eigenvalue weighted by atomic mass is 10.1. The summed E-state index contributed by atoms with van der Waals surface area (Å²) in [5, 5.41) is 9.07. The summed E-state index contributed by atoms with van der Waals surface area (Å²) in [7, 11) is 0. The van der Waals surface area contributed by atoms with Crippen molar-refractivity contribution in [1.29, 1.82) is 5.26 Å². The number of H-pyrrole nitrogens is 1. The van der Waals surface area contributed by atoms with Gasteiger partial charge in [0.1, 0.15) is 0 Å². The summed E-state index contributed by atoms with van der Waals surface area (Å²) in [6, 6.07) is 9.90. The van der Waals surface area contributed by atoms with Crippen LogP contribution < -0.4 is 10.5 Å². The Morgan fingerprint density at radius 1 is 1.19 bits per heavy atom. The van der Waals surface area contributed by atoms with E-state index in [9.17, 15) is 4.79 Å². The van der Waals surface area contributed by atoms with Gasteiger partial charge in [0.15, 0.2) is 0 Å². The third kappa shape index (κ3) is 4.02. The summed E-state index contributed by atoms with van der Waals surface area (Å²) in [4.78, 5) is 24.8. The van der Waals surface area contributed by atoms with Gasteiger partial charge in [-0.15, -0.1) is 0 Å². The van der Waals surface area contributed by atoms with Crippen molar-refractivity contribution >= 4 is 5.95 Å². The molecule has 0 unspecified atom stereocenters. The van der Waals surface area contributed by atoms with Crippen LogP contribution in [-0.4, -0.2) is 54.3 Å². The van der Waals surface area contributed by atoms with Gasteiger partial charge in [0.2, 0.25) is 5.95 Å². The van der Waals surface area contributed by atoms with E-state index in [-0.39, 0.29) is 5.56 Å². The van der Waals surface area contributed by atoms with Crippen LogP contribution in [-0.2, 0) is 24.1 Å². The molecule has 2 aliphatic heterocycles. The summed E-state index contributed by atoms with van der Waals surface area (Å²) in [6.07, 6.45) is 1.45. The van der Waals surface area contributed by atoms with Gasteiger partial charge < -0.3 is 9.64 Å². The van der Waals surface area contributed by atoms with Crippen LogP contribution in [0, 0.1) is 11.3 Å². The first-order valence-corrected chi connectivity index (χ1v) is 9.39. The van der Waals surface area contributed by atoms with Crippen molar-refractivity contribution in [1.82, 2.24) is 14.9 Å². The van der Waals surface area contributed by atoms with Crippen molar-refractivity contribution in [2.75, 3.05) is 44.3 Å². The van der Waals surface area contributed by atoms with Crippen LogP contribution >= 0.6 is 0 Å². The molecule has 0 saturated carbocycles. The van der Waals surface area contributed by atoms with Crippen LogP contribution in [0.15, 0.2) is 29.1 Å². The average Bonchev–Trinajstić information content (AvgIpc) is 2.91. The molecule has 7 heteroatoms. The smallest absolute Gasteiger partial charge is 0.255 e. The second-order valence-corrected chi connectivity index (χ2v) is 7.00. The van der Waals surface area contributed by atoms with Gasteiger partial charge in [0.25, 0.3) is 5.56 Å². The number of nitrogens with one attached hydrogen (secondary N) is 1. The Labute approximate surface area is 158 Å². The van der Waals surface area contributed by atoms with Crippen molar-refractivity contribution in [3.63, 3.8) is 0 Å². The van der Waals surface area contributed by atoms with Crippen molar-refractivity contribution in [2.45, 2.75) is 19.4 Å². The van der Waals surface area contributed by atoms with E-state index in [4.69, 9.17) is 15.0 Å². The highest BCUT2D eigenvalue weighted by Crippen LogP contribution is 2.17. The van der Waals surface area contributed by atoms with E-state index in [1.165, 1.54) is 0 Å². The van der Waals surface area contributed by atoms with Crippen molar-refractivity contribution in [2.24, 2.45) is 0 Å². The maximum Gasteiger partial charge on any atom is 0.255 e. The van der Waals surface area contributed by atoms with Crippen LogP contribution in [0.2, 0.25) is 0 Å². The highest BCUT2D eigenvalue weighted by Gasteiger charge is 2.21. The fraction of sp³-hybridized carbons (Fsp3) is 0.450. The Hall–Kier alpha value is -2.69. The maximum atomic E-state index is 12.6. The monoisotopic (exact) mass is 365 g/mol. The van der Waals surface area contributed by atoms with Crippen molar-refractivity contribution in [3.8, 4) is 6.07 Å². The van der Waals surface area contributed by atoms with Crippen LogP contribution in [0.3, 0.4) is 0 Å². The van der Waals surface area contributed by atoms with Gasteiger partial charge in [-0.2, -0.15) is 5.26 Å². The van der Waals surface area contributed by atoms with Crippen molar-refractivity contribution < 1.29 is 4.74 Å². The summed E-state index contributed by atoms with van der Waals surface area (Å²) >= 11 is 0. The summed E-state index contributed by atoms with van der Waals surface area (Å²) < 4.78 is 5.38. The predicted molar refractivity (Wildman–Crippen MR) is 102 cm³/mol. The maximum absolute atomic E-state index is 12.6. The average molecular weight is 365 g/mol. The predicted octanol–water partition coefficient (Wildman–Crippen LogP) is 1.08. The molecular formula is C20H23N5O2. The first-order chi connectivity index (χ1) is 13.2. The van der Waals surface area contributed by atoms with E-state index in [2.05, 4.69) is 20.9 Å². The van der Waals surface area contributed by atoms with Crippen molar-refractivity contribution in [3.05, 3.63) is 57.0 Å². The van der Waals surface area contributed by atoms with E-state index in [1.807, 2.05) is 24.3 Å². The molecule has 4 rings (SSSR count). The number of hydrogen-bond donors (Lipinski definition) is 1. The number of ether oxygens (including phenoxy) is 1. The lowest BCUT2D eigenvalue weighted by Crippen LogP contribution is -2.38. The molecule has 1 aromatic heterocycles. The van der Waals surface area contributed by atoms with Gasteiger partial charge in [0.05, 0.1) is 30.5 Å². The molecule has 0 atom stereocenters. The summed E-state index contributed by atoms with van der Waals surface area (Å²) in [6.45, 7) is 5.27. The number of fused-ring (bicyclic) bond motifs is 1. The number of nitriles is 1.